The van der Waals surface area contributed by atoms with Gasteiger partial charge < -0.3 is 15.5 Å². The molecule has 0 aromatic carbocycles. The summed E-state index contributed by atoms with van der Waals surface area (Å²) in [6.07, 6.45) is 62.4. The Morgan fingerprint density at radius 3 is 1.28 bits per heavy atom. The van der Waals surface area contributed by atoms with Gasteiger partial charge in [0.05, 0.1) is 18.8 Å². The SMILES string of the molecule is CC/C=C\C/C=C\CCCCCCCCCCCCCCCCC(=O)NC(CO)C(O)/C=C/CC/C=C/CCCCCCCCCCCCCCCCC. The predicted molar refractivity (Wildman–Crippen MR) is 239 cm³/mol. The van der Waals surface area contributed by atoms with Crippen molar-refractivity contribution in [2.24, 2.45) is 0 Å². The van der Waals surface area contributed by atoms with Gasteiger partial charge in [-0.2, -0.15) is 0 Å². The molecule has 54 heavy (non-hydrogen) atoms. The minimum Gasteiger partial charge on any atom is -0.394 e. The molecule has 0 aliphatic heterocycles. The van der Waals surface area contributed by atoms with Crippen molar-refractivity contribution in [1.82, 2.24) is 5.32 Å². The number of amides is 1. The molecule has 0 aromatic rings. The summed E-state index contributed by atoms with van der Waals surface area (Å²) in [6.45, 7) is 4.21. The molecule has 0 radical (unpaired) electrons. The fourth-order valence-corrected chi connectivity index (χ4v) is 7.17. The maximum atomic E-state index is 12.4. The van der Waals surface area contributed by atoms with Crippen molar-refractivity contribution in [3.8, 4) is 0 Å². The van der Waals surface area contributed by atoms with Crippen molar-refractivity contribution in [3.63, 3.8) is 0 Å². The van der Waals surface area contributed by atoms with Gasteiger partial charge in [-0.15, -0.1) is 0 Å². The van der Waals surface area contributed by atoms with Crippen molar-refractivity contribution in [2.45, 2.75) is 257 Å². The van der Waals surface area contributed by atoms with E-state index in [1.165, 1.54) is 180 Å². The maximum Gasteiger partial charge on any atom is 0.220 e. The van der Waals surface area contributed by atoms with Crippen molar-refractivity contribution in [1.29, 1.82) is 0 Å². The molecule has 4 nitrogen and oxygen atoms in total. The maximum absolute atomic E-state index is 12.4. The van der Waals surface area contributed by atoms with Crippen LogP contribution in [0.3, 0.4) is 0 Å². The molecule has 0 rings (SSSR count). The van der Waals surface area contributed by atoms with Gasteiger partial charge in [-0.25, -0.2) is 0 Å². The Hall–Kier alpha value is -1.65. The second-order valence-corrected chi connectivity index (χ2v) is 16.1. The summed E-state index contributed by atoms with van der Waals surface area (Å²) in [6, 6.07) is -0.639. The van der Waals surface area contributed by atoms with Crippen LogP contribution in [0, 0.1) is 0 Å². The van der Waals surface area contributed by atoms with Gasteiger partial charge in [0.2, 0.25) is 5.91 Å². The van der Waals surface area contributed by atoms with E-state index in [1.807, 2.05) is 6.08 Å². The Morgan fingerprint density at radius 1 is 0.463 bits per heavy atom. The van der Waals surface area contributed by atoms with Crippen LogP contribution in [0.2, 0.25) is 0 Å². The quantitative estimate of drug-likeness (QED) is 0.0429. The number of aliphatic hydroxyl groups excluding tert-OH is 2. The molecular formula is C50H93NO3. The number of carbonyl (C=O) groups excluding carboxylic acids is 1. The lowest BCUT2D eigenvalue weighted by Gasteiger charge is -2.19. The summed E-state index contributed by atoms with van der Waals surface area (Å²) >= 11 is 0. The van der Waals surface area contributed by atoms with Crippen LogP contribution in [0.15, 0.2) is 48.6 Å². The van der Waals surface area contributed by atoms with Gasteiger partial charge in [0.25, 0.3) is 0 Å². The highest BCUT2D eigenvalue weighted by Crippen LogP contribution is 2.16. The van der Waals surface area contributed by atoms with Gasteiger partial charge in [-0.05, 0) is 57.8 Å². The second-order valence-electron chi connectivity index (χ2n) is 16.1. The summed E-state index contributed by atoms with van der Waals surface area (Å²) in [4.78, 5) is 12.4. The van der Waals surface area contributed by atoms with Crippen LogP contribution in [0.5, 0.6) is 0 Å². The van der Waals surface area contributed by atoms with E-state index in [9.17, 15) is 15.0 Å². The number of allylic oxidation sites excluding steroid dienone is 7. The average Bonchev–Trinajstić information content (AvgIpc) is 3.18. The molecule has 3 N–H and O–H groups in total. The molecule has 2 atom stereocenters. The van der Waals surface area contributed by atoms with E-state index in [2.05, 4.69) is 55.6 Å². The highest BCUT2D eigenvalue weighted by molar-refractivity contribution is 5.76. The molecule has 0 spiro atoms. The summed E-state index contributed by atoms with van der Waals surface area (Å²) in [5.41, 5.74) is 0. The highest BCUT2D eigenvalue weighted by Gasteiger charge is 2.17. The van der Waals surface area contributed by atoms with E-state index in [1.54, 1.807) is 6.08 Å². The van der Waals surface area contributed by atoms with Crippen molar-refractivity contribution >= 4 is 5.91 Å². The Bertz CT molecular complexity index is 862. The van der Waals surface area contributed by atoms with E-state index in [-0.39, 0.29) is 12.5 Å². The van der Waals surface area contributed by atoms with Crippen LogP contribution in [0.25, 0.3) is 0 Å². The number of nitrogens with one attached hydrogen (secondary N) is 1. The third-order valence-electron chi connectivity index (χ3n) is 10.8. The van der Waals surface area contributed by atoms with Crippen LogP contribution in [-0.4, -0.2) is 34.9 Å². The van der Waals surface area contributed by atoms with E-state index in [0.29, 0.717) is 6.42 Å². The lowest BCUT2D eigenvalue weighted by atomic mass is 10.0. The van der Waals surface area contributed by atoms with E-state index in [4.69, 9.17) is 0 Å². The molecule has 4 heteroatoms. The number of rotatable bonds is 43. The fraction of sp³-hybridized carbons (Fsp3) is 0.820. The zero-order valence-electron chi connectivity index (χ0n) is 36.2. The normalized spacial score (nSPS) is 13.3. The molecule has 0 heterocycles. The lowest BCUT2D eigenvalue weighted by molar-refractivity contribution is -0.123. The highest BCUT2D eigenvalue weighted by atomic mass is 16.3. The van der Waals surface area contributed by atoms with Crippen LogP contribution < -0.4 is 5.32 Å². The predicted octanol–water partition coefficient (Wildman–Crippen LogP) is 15.1. The lowest BCUT2D eigenvalue weighted by Crippen LogP contribution is -2.45. The third kappa shape index (κ3) is 41.5. The molecule has 0 aliphatic rings. The molecule has 0 saturated heterocycles. The van der Waals surface area contributed by atoms with Crippen LogP contribution >= 0.6 is 0 Å². The third-order valence-corrected chi connectivity index (χ3v) is 10.8. The first kappa shape index (κ1) is 52.3. The number of unbranched alkanes of at least 4 members (excludes halogenated alkanes) is 30. The van der Waals surface area contributed by atoms with Crippen molar-refractivity contribution in [2.75, 3.05) is 6.61 Å². The molecular weight excluding hydrogens is 663 g/mol. The monoisotopic (exact) mass is 756 g/mol. The van der Waals surface area contributed by atoms with Crippen LogP contribution in [0.4, 0.5) is 0 Å². The number of hydrogen-bond acceptors (Lipinski definition) is 3. The van der Waals surface area contributed by atoms with Gasteiger partial charge in [0.1, 0.15) is 0 Å². The zero-order chi connectivity index (χ0) is 39.3. The topological polar surface area (TPSA) is 69.6 Å². The summed E-state index contributed by atoms with van der Waals surface area (Å²) in [7, 11) is 0. The van der Waals surface area contributed by atoms with Gasteiger partial charge in [-0.1, -0.05) is 229 Å². The summed E-state index contributed by atoms with van der Waals surface area (Å²) in [5.74, 6) is -0.0736. The number of carbonyl (C=O) groups is 1. The van der Waals surface area contributed by atoms with Gasteiger partial charge in [0, 0.05) is 6.42 Å². The number of aliphatic hydroxyl groups is 2. The van der Waals surface area contributed by atoms with Crippen LogP contribution in [-0.2, 0) is 4.79 Å². The standard InChI is InChI=1S/C50H93NO3/c1-3-5-7-9-11-13-15-17-19-21-23-25-27-29-31-33-35-37-39-41-43-45-49(53)48(47-52)51-50(54)46-44-42-40-38-36-34-32-30-28-26-24-22-20-18-16-14-12-10-8-6-4-2/h6,8,12,14,35,37,43,45,48-49,52-53H,3-5,7,9-11,13,15-34,36,38-42,44,46-47H2,1-2H3,(H,51,54)/b8-6-,14-12-,37-35+,45-43+. The van der Waals surface area contributed by atoms with Gasteiger partial charge >= 0.3 is 0 Å². The molecule has 2 unspecified atom stereocenters. The fourth-order valence-electron chi connectivity index (χ4n) is 7.17. The molecule has 0 bridgehead atoms. The molecule has 1 amide bonds. The van der Waals surface area contributed by atoms with E-state index >= 15 is 0 Å². The Balaban J connectivity index is 3.57. The molecule has 0 fully saturated rings. The summed E-state index contributed by atoms with van der Waals surface area (Å²) < 4.78 is 0. The molecule has 0 aliphatic carbocycles. The minimum absolute atomic E-state index is 0.0736. The van der Waals surface area contributed by atoms with Crippen molar-refractivity contribution in [3.05, 3.63) is 48.6 Å². The second kappa shape index (κ2) is 45.7. The Kier molecular flexibility index (Phi) is 44.3. The summed E-state index contributed by atoms with van der Waals surface area (Å²) in [5, 5.41) is 23.1. The largest absolute Gasteiger partial charge is 0.394 e. The smallest absolute Gasteiger partial charge is 0.220 e. The van der Waals surface area contributed by atoms with Gasteiger partial charge in [0.15, 0.2) is 0 Å². The first-order valence-electron chi connectivity index (χ1n) is 23.9. The Morgan fingerprint density at radius 2 is 0.833 bits per heavy atom. The molecule has 316 valence electrons. The molecule has 0 saturated carbocycles. The minimum atomic E-state index is -0.862. The van der Waals surface area contributed by atoms with Crippen LogP contribution in [0.1, 0.15) is 245 Å². The van der Waals surface area contributed by atoms with E-state index in [0.717, 1.165) is 44.9 Å². The van der Waals surface area contributed by atoms with Crippen molar-refractivity contribution < 1.29 is 15.0 Å². The first-order chi connectivity index (χ1) is 26.7. The number of hydrogen-bond donors (Lipinski definition) is 3. The average molecular weight is 756 g/mol. The zero-order valence-corrected chi connectivity index (χ0v) is 36.2. The van der Waals surface area contributed by atoms with Gasteiger partial charge in [-0.3, -0.25) is 4.79 Å². The first-order valence-corrected chi connectivity index (χ1v) is 23.9. The molecule has 0 aromatic heterocycles. The Labute approximate surface area is 337 Å². The van der Waals surface area contributed by atoms with E-state index < -0.39 is 12.1 Å².